The van der Waals surface area contributed by atoms with Gasteiger partial charge in [0, 0.05) is 15.6 Å². The summed E-state index contributed by atoms with van der Waals surface area (Å²) < 4.78 is 7.20. The number of benzene rings is 2. The Bertz CT molecular complexity index is 1500. The van der Waals surface area contributed by atoms with Crippen LogP contribution >= 0.6 is 34.7 Å². The smallest absolute Gasteiger partial charge is 0.267 e. The first-order chi connectivity index (χ1) is 17.4. The van der Waals surface area contributed by atoms with Crippen LogP contribution in [-0.2, 0) is 17.6 Å². The van der Waals surface area contributed by atoms with Gasteiger partial charge in [0.25, 0.3) is 5.56 Å². The summed E-state index contributed by atoms with van der Waals surface area (Å²) in [6.07, 6.45) is 4.12. The molecule has 0 saturated heterocycles. The lowest BCUT2D eigenvalue weighted by atomic mass is 9.97. The quantitative estimate of drug-likeness (QED) is 0.217. The molecule has 1 amide bonds. The van der Waals surface area contributed by atoms with Crippen molar-refractivity contribution in [2.75, 3.05) is 17.7 Å². The molecule has 4 aromatic rings. The van der Waals surface area contributed by atoms with Crippen LogP contribution in [0.2, 0.25) is 5.02 Å². The van der Waals surface area contributed by atoms with Gasteiger partial charge in [-0.1, -0.05) is 23.4 Å². The second-order valence-electron chi connectivity index (χ2n) is 8.65. The van der Waals surface area contributed by atoms with Crippen LogP contribution in [0.25, 0.3) is 15.9 Å². The van der Waals surface area contributed by atoms with Crippen molar-refractivity contribution in [2.24, 2.45) is 0 Å². The fraction of sp³-hybridized carbons (Fsp3) is 0.296. The molecule has 0 aliphatic heterocycles. The molecule has 0 unspecified atom stereocenters. The molecule has 0 fully saturated rings. The van der Waals surface area contributed by atoms with E-state index in [1.807, 2.05) is 44.2 Å². The first-order valence-electron chi connectivity index (χ1n) is 11.9. The number of halogens is 1. The van der Waals surface area contributed by atoms with Crippen molar-refractivity contribution in [3.05, 3.63) is 73.8 Å². The monoisotopic (exact) mass is 539 g/mol. The molecule has 5 rings (SSSR count). The number of ether oxygens (including phenoxy) is 1. The van der Waals surface area contributed by atoms with Crippen LogP contribution in [0, 0.1) is 6.92 Å². The summed E-state index contributed by atoms with van der Waals surface area (Å²) >= 11 is 8.90. The number of nitrogens with zero attached hydrogens (tertiary/aromatic N) is 2. The van der Waals surface area contributed by atoms with E-state index in [0.717, 1.165) is 47.4 Å². The minimum atomic E-state index is -0.177. The van der Waals surface area contributed by atoms with E-state index in [0.29, 0.717) is 33.5 Å². The predicted octanol–water partition coefficient (Wildman–Crippen LogP) is 6.42. The number of fused-ring (bicyclic) bond motifs is 3. The van der Waals surface area contributed by atoms with Crippen LogP contribution in [0.4, 0.5) is 5.69 Å². The Morgan fingerprint density at radius 3 is 2.72 bits per heavy atom. The molecule has 9 heteroatoms. The molecule has 1 aliphatic rings. The van der Waals surface area contributed by atoms with E-state index in [4.69, 9.17) is 21.3 Å². The summed E-state index contributed by atoms with van der Waals surface area (Å²) in [6.45, 7) is 4.39. The zero-order valence-electron chi connectivity index (χ0n) is 20.1. The minimum absolute atomic E-state index is 0.0833. The van der Waals surface area contributed by atoms with E-state index in [-0.39, 0.29) is 17.2 Å². The minimum Gasteiger partial charge on any atom is -0.494 e. The molecule has 2 aromatic carbocycles. The van der Waals surface area contributed by atoms with E-state index >= 15 is 0 Å². The lowest BCUT2D eigenvalue weighted by molar-refractivity contribution is -0.113. The second kappa shape index (κ2) is 10.7. The summed E-state index contributed by atoms with van der Waals surface area (Å²) in [5.41, 5.74) is 3.36. The number of thiophene rings is 1. The molecule has 0 bridgehead atoms. The Morgan fingerprint density at radius 2 is 1.97 bits per heavy atom. The summed E-state index contributed by atoms with van der Waals surface area (Å²) in [7, 11) is 0. The molecular formula is C27H26ClN3O3S2. The number of rotatable bonds is 7. The van der Waals surface area contributed by atoms with Gasteiger partial charge in [-0.2, -0.15) is 0 Å². The largest absolute Gasteiger partial charge is 0.494 e. The van der Waals surface area contributed by atoms with Crippen LogP contribution in [0.3, 0.4) is 0 Å². The molecule has 0 radical (unpaired) electrons. The first-order valence-corrected chi connectivity index (χ1v) is 14.1. The Kier molecular flexibility index (Phi) is 7.37. The lowest BCUT2D eigenvalue weighted by Gasteiger charge is -2.14. The number of aromatic nitrogens is 2. The molecule has 1 N–H and O–H groups in total. The number of anilines is 1. The lowest BCUT2D eigenvalue weighted by Crippen LogP contribution is -2.23. The Hall–Kier alpha value is -2.81. The third-order valence-electron chi connectivity index (χ3n) is 6.16. The van der Waals surface area contributed by atoms with E-state index < -0.39 is 0 Å². The van der Waals surface area contributed by atoms with Crippen LogP contribution in [-0.4, -0.2) is 27.8 Å². The number of carbonyl (C=O) groups is 1. The molecule has 0 saturated carbocycles. The number of hydrogen-bond acceptors (Lipinski definition) is 6. The molecule has 0 spiro atoms. The highest BCUT2D eigenvalue weighted by molar-refractivity contribution is 7.99. The van der Waals surface area contributed by atoms with Crippen molar-refractivity contribution in [1.29, 1.82) is 0 Å². The Labute approximate surface area is 222 Å². The molecule has 2 aromatic heterocycles. The molecule has 0 atom stereocenters. The fourth-order valence-electron chi connectivity index (χ4n) is 4.45. The fourth-order valence-corrected chi connectivity index (χ4v) is 6.79. The highest BCUT2D eigenvalue weighted by Gasteiger charge is 2.23. The van der Waals surface area contributed by atoms with Crippen LogP contribution < -0.4 is 15.6 Å². The van der Waals surface area contributed by atoms with Gasteiger partial charge >= 0.3 is 0 Å². The van der Waals surface area contributed by atoms with Crippen molar-refractivity contribution >= 4 is 56.5 Å². The maximum Gasteiger partial charge on any atom is 0.267 e. The second-order valence-corrected chi connectivity index (χ2v) is 11.1. The molecule has 36 heavy (non-hydrogen) atoms. The Morgan fingerprint density at radius 1 is 1.19 bits per heavy atom. The molecule has 6 nitrogen and oxygen atoms in total. The van der Waals surface area contributed by atoms with E-state index in [1.54, 1.807) is 28.0 Å². The standard InChI is InChI=1S/C27H26ClN3O3S2/c1-3-34-19-11-9-18(10-12-19)31-26(33)24-20-6-4-5-7-22(20)36-25(24)30-27(31)35-15-23(32)29-21-13-8-17(28)14-16(21)2/h8-14H,3-7,15H2,1-2H3,(H,29,32). The van der Waals surface area contributed by atoms with E-state index in [2.05, 4.69) is 5.32 Å². The van der Waals surface area contributed by atoms with Crippen LogP contribution in [0.5, 0.6) is 5.75 Å². The van der Waals surface area contributed by atoms with Gasteiger partial charge in [0.05, 0.1) is 23.4 Å². The molecule has 2 heterocycles. The average Bonchev–Trinajstić information content (AvgIpc) is 3.24. The summed E-state index contributed by atoms with van der Waals surface area (Å²) in [5.74, 6) is 0.675. The highest BCUT2D eigenvalue weighted by atomic mass is 35.5. The highest BCUT2D eigenvalue weighted by Crippen LogP contribution is 2.35. The third kappa shape index (κ3) is 5.03. The van der Waals surface area contributed by atoms with Crippen molar-refractivity contribution in [1.82, 2.24) is 9.55 Å². The first kappa shape index (κ1) is 24.9. The Balaban J connectivity index is 1.50. The van der Waals surface area contributed by atoms with E-state index in [9.17, 15) is 9.59 Å². The number of aryl methyl sites for hydroxylation is 3. The maximum atomic E-state index is 13.9. The van der Waals surface area contributed by atoms with Gasteiger partial charge < -0.3 is 10.1 Å². The number of nitrogens with one attached hydrogen (secondary N) is 1. The topological polar surface area (TPSA) is 73.2 Å². The van der Waals surface area contributed by atoms with Gasteiger partial charge in [0.1, 0.15) is 10.6 Å². The van der Waals surface area contributed by atoms with Gasteiger partial charge in [0.2, 0.25) is 5.91 Å². The average molecular weight is 540 g/mol. The number of hydrogen-bond donors (Lipinski definition) is 1. The van der Waals surface area contributed by atoms with Crippen molar-refractivity contribution in [2.45, 2.75) is 44.7 Å². The van der Waals surface area contributed by atoms with Crippen molar-refractivity contribution in [3.63, 3.8) is 0 Å². The molecule has 1 aliphatic carbocycles. The van der Waals surface area contributed by atoms with Crippen molar-refractivity contribution in [3.8, 4) is 11.4 Å². The van der Waals surface area contributed by atoms with Gasteiger partial charge in [-0.05, 0) is 93.1 Å². The van der Waals surface area contributed by atoms with Crippen LogP contribution in [0.1, 0.15) is 35.8 Å². The SMILES string of the molecule is CCOc1ccc(-n2c(SCC(=O)Nc3ccc(Cl)cc3C)nc3sc4c(c3c2=O)CCCC4)cc1. The summed E-state index contributed by atoms with van der Waals surface area (Å²) in [5, 5.41) is 4.77. The number of carbonyl (C=O) groups excluding carboxylic acids is 1. The number of thioether (sulfide) groups is 1. The zero-order chi connectivity index (χ0) is 25.2. The zero-order valence-corrected chi connectivity index (χ0v) is 22.5. The van der Waals surface area contributed by atoms with Gasteiger partial charge in [-0.15, -0.1) is 11.3 Å². The van der Waals surface area contributed by atoms with Gasteiger partial charge in [0.15, 0.2) is 5.16 Å². The molecule has 186 valence electrons. The maximum absolute atomic E-state index is 13.9. The predicted molar refractivity (Wildman–Crippen MR) is 149 cm³/mol. The van der Waals surface area contributed by atoms with Gasteiger partial charge in [-0.25, -0.2) is 4.98 Å². The van der Waals surface area contributed by atoms with Gasteiger partial charge in [-0.3, -0.25) is 14.2 Å². The third-order valence-corrected chi connectivity index (χ3v) is 8.52. The van der Waals surface area contributed by atoms with Crippen LogP contribution in [0.15, 0.2) is 52.4 Å². The van der Waals surface area contributed by atoms with Crippen molar-refractivity contribution < 1.29 is 9.53 Å². The molecular weight excluding hydrogens is 514 g/mol. The summed E-state index contributed by atoms with van der Waals surface area (Å²) in [4.78, 5) is 33.6. The normalized spacial score (nSPS) is 13.0. The number of amides is 1. The summed E-state index contributed by atoms with van der Waals surface area (Å²) in [6, 6.07) is 12.8. The van der Waals surface area contributed by atoms with E-state index in [1.165, 1.54) is 16.6 Å².